The molecule has 0 amide bonds. The number of nitrogens with one attached hydrogen (secondary N) is 1. The number of alkyl halides is 5. The minimum atomic E-state index is -4.44. The van der Waals surface area contributed by atoms with Crippen molar-refractivity contribution in [3.63, 3.8) is 0 Å². The third-order valence-electron chi connectivity index (χ3n) is 5.73. The van der Waals surface area contributed by atoms with E-state index in [9.17, 15) is 35.9 Å². The molecular weight excluding hydrogens is 492 g/mol. The SMILES string of the molecule is CNC(C)C1CC=C(C(=O)O)C=C1F.Cn1nc(Cc2ccc(C(F)(F)F)cc2)c(C=O)c1C(F)F. The van der Waals surface area contributed by atoms with Crippen molar-refractivity contribution in [3.8, 4) is 0 Å². The fourth-order valence-electron chi connectivity index (χ4n) is 3.61. The van der Waals surface area contributed by atoms with Crippen LogP contribution < -0.4 is 5.32 Å². The molecule has 2 N–H and O–H groups in total. The van der Waals surface area contributed by atoms with Crippen molar-refractivity contribution in [2.24, 2.45) is 13.0 Å². The van der Waals surface area contributed by atoms with Gasteiger partial charge in [0.1, 0.15) is 11.5 Å². The van der Waals surface area contributed by atoms with Crippen LogP contribution >= 0.6 is 0 Å². The smallest absolute Gasteiger partial charge is 0.416 e. The van der Waals surface area contributed by atoms with Crippen molar-refractivity contribution in [2.75, 3.05) is 7.05 Å². The number of carboxylic acid groups (broad SMARTS) is 1. The molecule has 196 valence electrons. The molecular formula is C24H25F6N3O3. The van der Waals surface area contributed by atoms with Gasteiger partial charge in [0.05, 0.1) is 22.4 Å². The average Bonchev–Trinajstić information content (AvgIpc) is 3.13. The van der Waals surface area contributed by atoms with E-state index in [2.05, 4.69) is 10.4 Å². The molecule has 36 heavy (non-hydrogen) atoms. The van der Waals surface area contributed by atoms with Gasteiger partial charge in [-0.25, -0.2) is 18.0 Å². The van der Waals surface area contributed by atoms with Gasteiger partial charge in [0.25, 0.3) is 6.43 Å². The number of aliphatic carboxylic acids is 1. The molecule has 2 aromatic rings. The van der Waals surface area contributed by atoms with E-state index in [1.54, 1.807) is 13.1 Å². The Morgan fingerprint density at radius 1 is 1.28 bits per heavy atom. The summed E-state index contributed by atoms with van der Waals surface area (Å²) in [6.07, 6.45) is -3.93. The molecule has 0 saturated heterocycles. The predicted molar refractivity (Wildman–Crippen MR) is 119 cm³/mol. The summed E-state index contributed by atoms with van der Waals surface area (Å²) in [6.45, 7) is 1.87. The Kier molecular flexibility index (Phi) is 9.62. The zero-order chi connectivity index (χ0) is 27.2. The Labute approximate surface area is 203 Å². The summed E-state index contributed by atoms with van der Waals surface area (Å²) in [5.74, 6) is -1.68. The number of carbonyl (C=O) groups is 2. The highest BCUT2D eigenvalue weighted by Crippen LogP contribution is 2.30. The van der Waals surface area contributed by atoms with Crippen LogP contribution in [0.2, 0.25) is 0 Å². The van der Waals surface area contributed by atoms with E-state index in [1.807, 2.05) is 6.92 Å². The quantitative estimate of drug-likeness (QED) is 0.387. The minimum absolute atomic E-state index is 0.00717. The summed E-state index contributed by atoms with van der Waals surface area (Å²) >= 11 is 0. The molecule has 2 atom stereocenters. The first-order chi connectivity index (χ1) is 16.8. The molecule has 3 rings (SSSR count). The van der Waals surface area contributed by atoms with E-state index >= 15 is 0 Å². The maximum absolute atomic E-state index is 13.4. The molecule has 2 unspecified atom stereocenters. The average molecular weight is 517 g/mol. The summed E-state index contributed by atoms with van der Waals surface area (Å²) in [7, 11) is 3.04. The number of aldehydes is 1. The second kappa shape index (κ2) is 12.0. The van der Waals surface area contributed by atoms with Gasteiger partial charge in [-0.2, -0.15) is 18.3 Å². The van der Waals surface area contributed by atoms with Gasteiger partial charge in [0.2, 0.25) is 0 Å². The van der Waals surface area contributed by atoms with E-state index < -0.39 is 29.8 Å². The number of carbonyl (C=O) groups excluding carboxylic acids is 1. The zero-order valence-corrected chi connectivity index (χ0v) is 19.6. The molecule has 1 aliphatic rings. The van der Waals surface area contributed by atoms with E-state index in [1.165, 1.54) is 19.2 Å². The maximum atomic E-state index is 13.4. The number of nitrogens with zero attached hydrogens (tertiary/aromatic N) is 2. The lowest BCUT2D eigenvalue weighted by atomic mass is 9.90. The van der Waals surface area contributed by atoms with Crippen molar-refractivity contribution in [1.29, 1.82) is 0 Å². The molecule has 6 nitrogen and oxygen atoms in total. The fourth-order valence-corrected chi connectivity index (χ4v) is 3.61. The number of carboxylic acids is 1. The van der Waals surface area contributed by atoms with Gasteiger partial charge in [-0.05, 0) is 44.2 Å². The number of hydrogen-bond acceptors (Lipinski definition) is 4. The Morgan fingerprint density at radius 3 is 2.33 bits per heavy atom. The van der Waals surface area contributed by atoms with Crippen LogP contribution in [0.15, 0.2) is 47.8 Å². The standard InChI is InChI=1S/C14H11F5N2O.C10H14FNO2/c1-21-12(13(15)16)10(7-22)11(20-21)6-8-2-4-9(5-3-8)14(17,18)19;1-6(12-2)8-4-3-7(10(13)14)5-9(8)11/h2-5,7,13H,6H2,1H3;3,5-6,8,12H,4H2,1-2H3,(H,13,14). The minimum Gasteiger partial charge on any atom is -0.478 e. The molecule has 0 spiro atoms. The zero-order valence-electron chi connectivity index (χ0n) is 19.6. The fraction of sp³-hybridized carbons (Fsp3) is 0.375. The van der Waals surface area contributed by atoms with Crippen LogP contribution in [-0.4, -0.2) is 40.2 Å². The predicted octanol–water partition coefficient (Wildman–Crippen LogP) is 5.26. The summed E-state index contributed by atoms with van der Waals surface area (Å²) in [4.78, 5) is 21.6. The lowest BCUT2D eigenvalue weighted by Gasteiger charge is -2.23. The monoisotopic (exact) mass is 517 g/mol. The van der Waals surface area contributed by atoms with E-state index in [0.717, 1.165) is 22.9 Å². The molecule has 1 heterocycles. The number of rotatable bonds is 7. The number of halogens is 6. The molecule has 0 saturated carbocycles. The van der Waals surface area contributed by atoms with Crippen molar-refractivity contribution in [3.05, 3.63) is 75.9 Å². The lowest BCUT2D eigenvalue weighted by Crippen LogP contribution is -2.31. The Bertz CT molecular complexity index is 1140. The molecule has 1 aliphatic carbocycles. The topological polar surface area (TPSA) is 84.2 Å². The van der Waals surface area contributed by atoms with Crippen LogP contribution in [0, 0.1) is 5.92 Å². The summed E-state index contributed by atoms with van der Waals surface area (Å²) in [5.41, 5.74) is -0.944. The van der Waals surface area contributed by atoms with E-state index in [0.29, 0.717) is 12.0 Å². The van der Waals surface area contributed by atoms with E-state index in [-0.39, 0.29) is 47.3 Å². The Hall–Kier alpha value is -3.41. The van der Waals surface area contributed by atoms with Crippen molar-refractivity contribution in [1.82, 2.24) is 15.1 Å². The molecule has 12 heteroatoms. The highest BCUT2D eigenvalue weighted by molar-refractivity contribution is 5.90. The third kappa shape index (κ3) is 7.06. The van der Waals surface area contributed by atoms with Crippen LogP contribution in [-0.2, 0) is 24.4 Å². The van der Waals surface area contributed by atoms with Crippen LogP contribution in [0.4, 0.5) is 26.3 Å². The highest BCUT2D eigenvalue weighted by atomic mass is 19.4. The van der Waals surface area contributed by atoms with Crippen molar-refractivity contribution in [2.45, 2.75) is 38.4 Å². The second-order valence-electron chi connectivity index (χ2n) is 8.07. The normalized spacial score (nSPS) is 16.6. The first-order valence-corrected chi connectivity index (χ1v) is 10.7. The lowest BCUT2D eigenvalue weighted by molar-refractivity contribution is -0.137. The van der Waals surface area contributed by atoms with Crippen molar-refractivity contribution < 1.29 is 41.0 Å². The third-order valence-corrected chi connectivity index (χ3v) is 5.73. The molecule has 0 aliphatic heterocycles. The van der Waals surface area contributed by atoms with Crippen LogP contribution in [0.5, 0.6) is 0 Å². The summed E-state index contributed by atoms with van der Waals surface area (Å²) < 4.78 is 77.5. The Morgan fingerprint density at radius 2 is 1.89 bits per heavy atom. The van der Waals surface area contributed by atoms with E-state index in [4.69, 9.17) is 5.11 Å². The van der Waals surface area contributed by atoms with Crippen molar-refractivity contribution >= 4 is 12.3 Å². The number of aryl methyl sites for hydroxylation is 1. The number of allylic oxidation sites excluding steroid dienone is 1. The van der Waals surface area contributed by atoms with Gasteiger partial charge >= 0.3 is 12.1 Å². The number of hydrogen-bond donors (Lipinski definition) is 2. The Balaban J connectivity index is 0.000000281. The van der Waals surface area contributed by atoms with Gasteiger partial charge in [0.15, 0.2) is 6.29 Å². The largest absolute Gasteiger partial charge is 0.478 e. The van der Waals surface area contributed by atoms with Gasteiger partial charge < -0.3 is 10.4 Å². The van der Waals surface area contributed by atoms with Gasteiger partial charge in [0, 0.05) is 25.4 Å². The maximum Gasteiger partial charge on any atom is 0.416 e. The molecule has 1 aromatic heterocycles. The molecule has 0 bridgehead atoms. The first kappa shape index (κ1) is 28.8. The molecule has 1 aromatic carbocycles. The first-order valence-electron chi connectivity index (χ1n) is 10.7. The number of benzene rings is 1. The highest BCUT2D eigenvalue weighted by Gasteiger charge is 2.30. The van der Waals surface area contributed by atoms with Crippen LogP contribution in [0.3, 0.4) is 0 Å². The summed E-state index contributed by atoms with van der Waals surface area (Å²) in [6, 6.07) is 4.26. The van der Waals surface area contributed by atoms with Gasteiger partial charge in [-0.1, -0.05) is 18.2 Å². The number of aromatic nitrogens is 2. The molecule has 0 radical (unpaired) electrons. The van der Waals surface area contributed by atoms with Crippen LogP contribution in [0.1, 0.15) is 52.6 Å². The van der Waals surface area contributed by atoms with Crippen LogP contribution in [0.25, 0.3) is 0 Å². The second-order valence-corrected chi connectivity index (χ2v) is 8.07. The summed E-state index contributed by atoms with van der Waals surface area (Å²) in [5, 5.41) is 15.4. The van der Waals surface area contributed by atoms with Gasteiger partial charge in [-0.3, -0.25) is 9.48 Å². The van der Waals surface area contributed by atoms with Gasteiger partial charge in [-0.15, -0.1) is 0 Å². The molecule has 0 fully saturated rings.